The molecule has 0 saturated carbocycles. The van der Waals surface area contributed by atoms with Crippen molar-refractivity contribution in [2.75, 3.05) is 6.54 Å². The van der Waals surface area contributed by atoms with Gasteiger partial charge in [-0.1, -0.05) is 11.2 Å². The summed E-state index contributed by atoms with van der Waals surface area (Å²) in [6.07, 6.45) is 1.50. The number of rotatable bonds is 7. The van der Waals surface area contributed by atoms with Crippen LogP contribution in [-0.2, 0) is 10.0 Å². The highest BCUT2D eigenvalue weighted by atomic mass is 32.2. The summed E-state index contributed by atoms with van der Waals surface area (Å²) >= 11 is 0. The van der Waals surface area contributed by atoms with Crippen LogP contribution in [0.3, 0.4) is 0 Å². The number of halogens is 1. The van der Waals surface area contributed by atoms with E-state index in [1.165, 1.54) is 12.1 Å². The van der Waals surface area contributed by atoms with Crippen LogP contribution in [0.15, 0.2) is 28.3 Å². The second-order valence-corrected chi connectivity index (χ2v) is 6.09. The number of nitrogens with zero attached hydrogens (tertiary/aromatic N) is 1. The molecule has 0 amide bonds. The number of nitrogens with one attached hydrogen (secondary N) is 1. The number of benzene rings is 1. The van der Waals surface area contributed by atoms with Gasteiger partial charge in [-0.3, -0.25) is 0 Å². The van der Waals surface area contributed by atoms with Gasteiger partial charge in [0.05, 0.1) is 4.90 Å². The molecule has 1 aromatic carbocycles. The van der Waals surface area contributed by atoms with E-state index in [0.29, 0.717) is 24.8 Å². The minimum atomic E-state index is -3.72. The minimum Gasteiger partial charge on any atom is -0.409 e. The lowest BCUT2D eigenvalue weighted by Crippen LogP contribution is -2.26. The molecule has 112 valence electrons. The van der Waals surface area contributed by atoms with E-state index in [9.17, 15) is 12.8 Å². The maximum atomic E-state index is 13.1. The third-order valence-corrected chi connectivity index (χ3v) is 4.32. The van der Waals surface area contributed by atoms with Crippen molar-refractivity contribution in [2.45, 2.75) is 31.1 Å². The highest BCUT2D eigenvalue weighted by Crippen LogP contribution is 2.16. The van der Waals surface area contributed by atoms with E-state index in [-0.39, 0.29) is 17.3 Å². The van der Waals surface area contributed by atoms with Gasteiger partial charge in [-0.15, -0.1) is 0 Å². The molecule has 0 aliphatic heterocycles. The van der Waals surface area contributed by atoms with Crippen molar-refractivity contribution in [1.82, 2.24) is 4.72 Å². The number of amidine groups is 1. The largest absolute Gasteiger partial charge is 0.409 e. The van der Waals surface area contributed by atoms with Gasteiger partial charge in [0.2, 0.25) is 10.0 Å². The molecular weight excluding hydrogens is 285 g/mol. The molecule has 1 aromatic rings. The van der Waals surface area contributed by atoms with Gasteiger partial charge in [-0.25, -0.2) is 17.5 Å². The maximum absolute atomic E-state index is 13.1. The zero-order chi connectivity index (χ0) is 15.2. The molecule has 8 heteroatoms. The predicted molar refractivity (Wildman–Crippen MR) is 73.6 cm³/mol. The molecule has 20 heavy (non-hydrogen) atoms. The van der Waals surface area contributed by atoms with Crippen LogP contribution in [0.25, 0.3) is 0 Å². The van der Waals surface area contributed by atoms with Crippen LogP contribution in [0.2, 0.25) is 0 Å². The van der Waals surface area contributed by atoms with Crippen LogP contribution in [0.5, 0.6) is 0 Å². The second kappa shape index (κ2) is 7.20. The van der Waals surface area contributed by atoms with Gasteiger partial charge in [0.15, 0.2) is 0 Å². The van der Waals surface area contributed by atoms with Crippen LogP contribution in [0.1, 0.15) is 24.8 Å². The zero-order valence-corrected chi connectivity index (χ0v) is 12.0. The molecule has 0 spiro atoms. The SMILES string of the molecule is Cc1ccc(F)cc1S(=O)(=O)NCCCCC(N)=NO. The minimum absolute atomic E-state index is 0.0612. The van der Waals surface area contributed by atoms with Gasteiger partial charge in [0.25, 0.3) is 0 Å². The van der Waals surface area contributed by atoms with Crippen molar-refractivity contribution in [1.29, 1.82) is 0 Å². The third-order valence-electron chi connectivity index (χ3n) is 2.72. The molecule has 6 nitrogen and oxygen atoms in total. The molecule has 0 atom stereocenters. The van der Waals surface area contributed by atoms with Crippen LogP contribution >= 0.6 is 0 Å². The summed E-state index contributed by atoms with van der Waals surface area (Å²) in [4.78, 5) is -0.0612. The molecule has 0 aromatic heterocycles. The average Bonchev–Trinajstić information content (AvgIpc) is 2.40. The molecule has 0 aliphatic rings. The fourth-order valence-electron chi connectivity index (χ4n) is 1.63. The third kappa shape index (κ3) is 4.78. The Morgan fingerprint density at radius 3 is 2.80 bits per heavy atom. The summed E-state index contributed by atoms with van der Waals surface area (Å²) < 4.78 is 39.5. The summed E-state index contributed by atoms with van der Waals surface area (Å²) in [5.74, 6) is -0.489. The van der Waals surface area contributed by atoms with Gasteiger partial charge >= 0.3 is 0 Å². The normalized spacial score (nSPS) is 12.6. The number of hydrogen-bond acceptors (Lipinski definition) is 4. The van der Waals surface area contributed by atoms with Gasteiger partial charge in [-0.2, -0.15) is 0 Å². The lowest BCUT2D eigenvalue weighted by Gasteiger charge is -2.09. The number of nitrogens with two attached hydrogens (primary N) is 1. The van der Waals surface area contributed by atoms with E-state index in [4.69, 9.17) is 10.9 Å². The summed E-state index contributed by atoms with van der Waals surface area (Å²) in [7, 11) is -3.72. The Morgan fingerprint density at radius 1 is 1.45 bits per heavy atom. The molecule has 0 radical (unpaired) electrons. The van der Waals surface area contributed by atoms with Crippen LogP contribution in [0, 0.1) is 12.7 Å². The topological polar surface area (TPSA) is 105 Å². The summed E-state index contributed by atoms with van der Waals surface area (Å²) in [5, 5.41) is 11.2. The van der Waals surface area contributed by atoms with Crippen LogP contribution in [-0.4, -0.2) is 26.0 Å². The highest BCUT2D eigenvalue weighted by molar-refractivity contribution is 7.89. The van der Waals surface area contributed by atoms with Crippen LogP contribution in [0.4, 0.5) is 4.39 Å². The summed E-state index contributed by atoms with van der Waals surface area (Å²) in [6, 6.07) is 3.63. The standard InChI is InChI=1S/C12H18FN3O3S/c1-9-5-6-10(13)8-11(9)20(18,19)15-7-3-2-4-12(14)16-17/h5-6,8,15,17H,2-4,7H2,1H3,(H2,14,16). The Morgan fingerprint density at radius 2 is 2.15 bits per heavy atom. The summed E-state index contributed by atoms with van der Waals surface area (Å²) in [6.45, 7) is 1.81. The van der Waals surface area contributed by atoms with E-state index < -0.39 is 15.8 Å². The molecule has 0 heterocycles. The van der Waals surface area contributed by atoms with Gasteiger partial charge in [0.1, 0.15) is 11.7 Å². The van der Waals surface area contributed by atoms with Crippen molar-refractivity contribution >= 4 is 15.9 Å². The number of oxime groups is 1. The first-order valence-corrected chi connectivity index (χ1v) is 7.57. The monoisotopic (exact) mass is 303 g/mol. The van der Waals surface area contributed by atoms with Crippen molar-refractivity contribution < 1.29 is 18.0 Å². The van der Waals surface area contributed by atoms with Crippen molar-refractivity contribution in [2.24, 2.45) is 10.9 Å². The number of unbranched alkanes of at least 4 members (excludes halogenated alkanes) is 1. The molecule has 0 aliphatic carbocycles. The smallest absolute Gasteiger partial charge is 0.240 e. The number of aryl methyl sites for hydroxylation is 1. The first-order valence-electron chi connectivity index (χ1n) is 6.09. The molecule has 1 rings (SSSR count). The predicted octanol–water partition coefficient (Wildman–Crippen LogP) is 1.33. The van der Waals surface area contributed by atoms with Crippen LogP contribution < -0.4 is 10.5 Å². The molecule has 0 fully saturated rings. The van der Waals surface area contributed by atoms with Gasteiger partial charge in [0, 0.05) is 13.0 Å². The second-order valence-electron chi connectivity index (χ2n) is 4.36. The van der Waals surface area contributed by atoms with Crippen molar-refractivity contribution in [3.63, 3.8) is 0 Å². The van der Waals surface area contributed by atoms with Crippen molar-refractivity contribution in [3.8, 4) is 0 Å². The highest BCUT2D eigenvalue weighted by Gasteiger charge is 2.16. The van der Waals surface area contributed by atoms with E-state index >= 15 is 0 Å². The molecule has 0 saturated heterocycles. The lowest BCUT2D eigenvalue weighted by atomic mass is 10.2. The Kier molecular flexibility index (Phi) is 5.90. The van der Waals surface area contributed by atoms with Gasteiger partial charge in [-0.05, 0) is 37.5 Å². The number of hydrogen-bond donors (Lipinski definition) is 3. The molecule has 0 unspecified atom stereocenters. The quantitative estimate of drug-likeness (QED) is 0.232. The maximum Gasteiger partial charge on any atom is 0.240 e. The Balaban J connectivity index is 2.56. The van der Waals surface area contributed by atoms with Crippen molar-refractivity contribution in [3.05, 3.63) is 29.6 Å². The van der Waals surface area contributed by atoms with E-state index in [2.05, 4.69) is 9.88 Å². The zero-order valence-electron chi connectivity index (χ0n) is 11.1. The first kappa shape index (κ1) is 16.4. The van der Waals surface area contributed by atoms with Gasteiger partial charge < -0.3 is 10.9 Å². The molecule has 4 N–H and O–H groups in total. The van der Waals surface area contributed by atoms with E-state index in [1.807, 2.05) is 0 Å². The van der Waals surface area contributed by atoms with E-state index in [0.717, 1.165) is 6.07 Å². The Hall–Kier alpha value is -1.67. The number of sulfonamides is 1. The molecule has 0 bridgehead atoms. The molecular formula is C12H18FN3O3S. The Bertz CT molecular complexity index is 588. The lowest BCUT2D eigenvalue weighted by molar-refractivity contribution is 0.316. The fourth-order valence-corrected chi connectivity index (χ4v) is 2.96. The first-order chi connectivity index (χ1) is 9.36. The Labute approximate surface area is 117 Å². The average molecular weight is 303 g/mol. The van der Waals surface area contributed by atoms with E-state index in [1.54, 1.807) is 6.92 Å². The fraction of sp³-hybridized carbons (Fsp3) is 0.417. The summed E-state index contributed by atoms with van der Waals surface area (Å²) in [5.41, 5.74) is 5.77.